The Balaban J connectivity index is 0.00000529. The number of nitrogens with two attached hydrogens (primary N) is 1. The first kappa shape index (κ1) is 23.3. The van der Waals surface area contributed by atoms with Gasteiger partial charge in [0.2, 0.25) is 0 Å². The SMILES string of the molecule is CC(CN=C(N)N1CCCC(C)C1)CN(C)C(=O)OC(C)(C)C.I. The van der Waals surface area contributed by atoms with E-state index in [2.05, 4.69) is 23.7 Å². The van der Waals surface area contributed by atoms with Crippen molar-refractivity contribution in [2.75, 3.05) is 33.2 Å². The van der Waals surface area contributed by atoms with E-state index in [0.29, 0.717) is 25.0 Å². The fourth-order valence-corrected chi connectivity index (χ4v) is 2.69. The molecule has 0 radical (unpaired) electrons. The van der Waals surface area contributed by atoms with Crippen LogP contribution < -0.4 is 5.73 Å². The lowest BCUT2D eigenvalue weighted by Gasteiger charge is -2.32. The fourth-order valence-electron chi connectivity index (χ4n) is 2.69. The molecule has 1 aliphatic rings. The topological polar surface area (TPSA) is 71.2 Å². The van der Waals surface area contributed by atoms with Crippen LogP contribution in [0, 0.1) is 11.8 Å². The molecule has 1 aliphatic heterocycles. The number of carbonyl (C=O) groups excluding carboxylic acids is 1. The highest BCUT2D eigenvalue weighted by atomic mass is 127. The Bertz CT molecular complexity index is 423. The second kappa shape index (κ2) is 10.3. The van der Waals surface area contributed by atoms with Crippen molar-refractivity contribution < 1.29 is 9.53 Å². The summed E-state index contributed by atoms with van der Waals surface area (Å²) in [5.41, 5.74) is 5.63. The lowest BCUT2D eigenvalue weighted by molar-refractivity contribution is 0.0279. The van der Waals surface area contributed by atoms with Gasteiger partial charge < -0.3 is 20.3 Å². The smallest absolute Gasteiger partial charge is 0.410 e. The van der Waals surface area contributed by atoms with Crippen molar-refractivity contribution >= 4 is 36.0 Å². The van der Waals surface area contributed by atoms with E-state index in [9.17, 15) is 4.79 Å². The Labute approximate surface area is 164 Å². The summed E-state index contributed by atoms with van der Waals surface area (Å²) in [6, 6.07) is 0. The number of hydrogen-bond acceptors (Lipinski definition) is 3. The van der Waals surface area contributed by atoms with Gasteiger partial charge in [0.05, 0.1) is 0 Å². The number of rotatable bonds is 4. The zero-order valence-corrected chi connectivity index (χ0v) is 18.4. The summed E-state index contributed by atoms with van der Waals surface area (Å²) >= 11 is 0. The molecular weight excluding hydrogens is 419 g/mol. The van der Waals surface area contributed by atoms with Gasteiger partial charge in [-0.05, 0) is 45.4 Å². The standard InChI is InChI=1S/C17H34N4O2.HI/c1-13-8-7-9-21(12-13)15(18)19-10-14(2)11-20(6)16(22)23-17(3,4)5;/h13-14H,7-12H2,1-6H3,(H2,18,19);1H. The highest BCUT2D eigenvalue weighted by molar-refractivity contribution is 14.0. The van der Waals surface area contributed by atoms with Gasteiger partial charge >= 0.3 is 6.09 Å². The summed E-state index contributed by atoms with van der Waals surface area (Å²) in [6.45, 7) is 13.1. The number of likely N-dealkylation sites (tertiary alicyclic amines) is 1. The highest BCUT2D eigenvalue weighted by Gasteiger charge is 2.21. The number of amides is 1. The minimum absolute atomic E-state index is 0. The van der Waals surface area contributed by atoms with E-state index in [0.717, 1.165) is 13.1 Å². The average molecular weight is 454 g/mol. The number of ether oxygens (including phenoxy) is 1. The number of piperidine rings is 1. The Morgan fingerprint density at radius 3 is 2.62 bits per heavy atom. The van der Waals surface area contributed by atoms with Gasteiger partial charge in [0.25, 0.3) is 0 Å². The number of carbonyl (C=O) groups is 1. The molecular formula is C17H35IN4O2. The Hall–Kier alpha value is -0.730. The molecule has 2 N–H and O–H groups in total. The second-order valence-electron chi connectivity index (χ2n) is 7.86. The maximum Gasteiger partial charge on any atom is 0.410 e. The average Bonchev–Trinajstić information content (AvgIpc) is 2.42. The lowest BCUT2D eigenvalue weighted by Crippen LogP contribution is -2.44. The lowest BCUT2D eigenvalue weighted by atomic mass is 10.0. The van der Waals surface area contributed by atoms with E-state index in [1.165, 1.54) is 12.8 Å². The molecule has 1 saturated heterocycles. The first-order valence-electron chi connectivity index (χ1n) is 8.57. The van der Waals surface area contributed by atoms with Gasteiger partial charge in [-0.2, -0.15) is 0 Å². The van der Waals surface area contributed by atoms with Crippen LogP contribution in [-0.4, -0.2) is 60.7 Å². The van der Waals surface area contributed by atoms with Crippen LogP contribution in [0.4, 0.5) is 4.79 Å². The summed E-state index contributed by atoms with van der Waals surface area (Å²) in [5.74, 6) is 1.53. The molecule has 2 unspecified atom stereocenters. The van der Waals surface area contributed by atoms with Crippen LogP contribution in [0.5, 0.6) is 0 Å². The first-order chi connectivity index (χ1) is 10.6. The van der Waals surface area contributed by atoms with Crippen molar-refractivity contribution in [1.29, 1.82) is 0 Å². The van der Waals surface area contributed by atoms with Gasteiger partial charge in [0.1, 0.15) is 5.60 Å². The maximum absolute atomic E-state index is 12.0. The van der Waals surface area contributed by atoms with Crippen molar-refractivity contribution in [3.63, 3.8) is 0 Å². The fraction of sp³-hybridized carbons (Fsp3) is 0.882. The Morgan fingerprint density at radius 1 is 1.46 bits per heavy atom. The minimum Gasteiger partial charge on any atom is -0.444 e. The molecule has 142 valence electrons. The molecule has 1 rings (SSSR count). The highest BCUT2D eigenvalue weighted by Crippen LogP contribution is 2.15. The molecule has 24 heavy (non-hydrogen) atoms. The molecule has 2 atom stereocenters. The summed E-state index contributed by atoms with van der Waals surface area (Å²) < 4.78 is 5.35. The van der Waals surface area contributed by atoms with Crippen molar-refractivity contribution in [2.45, 2.75) is 53.1 Å². The van der Waals surface area contributed by atoms with E-state index < -0.39 is 5.60 Å². The van der Waals surface area contributed by atoms with Gasteiger partial charge in [-0.15, -0.1) is 24.0 Å². The normalized spacial score (nSPS) is 20.2. The molecule has 0 spiro atoms. The number of aliphatic imine (C=N–C) groups is 1. The molecule has 0 aromatic carbocycles. The molecule has 0 aromatic heterocycles. The van der Waals surface area contributed by atoms with Crippen LogP contribution in [0.2, 0.25) is 0 Å². The third-order valence-corrected chi connectivity index (χ3v) is 3.84. The summed E-state index contributed by atoms with van der Waals surface area (Å²) in [6.07, 6.45) is 2.14. The quantitative estimate of drug-likeness (QED) is 0.403. The second-order valence-corrected chi connectivity index (χ2v) is 7.86. The Morgan fingerprint density at radius 2 is 2.08 bits per heavy atom. The van der Waals surface area contributed by atoms with Crippen LogP contribution in [0.1, 0.15) is 47.5 Å². The maximum atomic E-state index is 12.0. The number of nitrogens with zero attached hydrogens (tertiary/aromatic N) is 3. The van der Waals surface area contributed by atoms with Crippen molar-refractivity contribution in [3.8, 4) is 0 Å². The van der Waals surface area contributed by atoms with E-state index in [-0.39, 0.29) is 36.0 Å². The van der Waals surface area contributed by atoms with Gasteiger partial charge in [0, 0.05) is 33.2 Å². The van der Waals surface area contributed by atoms with Crippen LogP contribution in [0.15, 0.2) is 4.99 Å². The molecule has 0 bridgehead atoms. The third-order valence-electron chi connectivity index (χ3n) is 3.84. The molecule has 7 heteroatoms. The van der Waals surface area contributed by atoms with E-state index in [1.54, 1.807) is 11.9 Å². The summed E-state index contributed by atoms with van der Waals surface area (Å²) in [7, 11) is 1.75. The largest absolute Gasteiger partial charge is 0.444 e. The molecule has 0 aliphatic carbocycles. The van der Waals surface area contributed by atoms with Crippen LogP contribution in [0.3, 0.4) is 0 Å². The van der Waals surface area contributed by atoms with Gasteiger partial charge in [-0.3, -0.25) is 4.99 Å². The van der Waals surface area contributed by atoms with Crippen molar-refractivity contribution in [3.05, 3.63) is 0 Å². The monoisotopic (exact) mass is 454 g/mol. The predicted molar refractivity (Wildman–Crippen MR) is 110 cm³/mol. The zero-order chi connectivity index (χ0) is 17.6. The van der Waals surface area contributed by atoms with E-state index >= 15 is 0 Å². The van der Waals surface area contributed by atoms with E-state index in [4.69, 9.17) is 10.5 Å². The molecule has 0 saturated carbocycles. The van der Waals surface area contributed by atoms with Crippen LogP contribution >= 0.6 is 24.0 Å². The zero-order valence-electron chi connectivity index (χ0n) is 16.0. The summed E-state index contributed by atoms with van der Waals surface area (Å²) in [5, 5.41) is 0. The number of hydrogen-bond donors (Lipinski definition) is 1. The number of guanidine groups is 1. The molecule has 1 heterocycles. The number of halogens is 1. The molecule has 0 aromatic rings. The van der Waals surface area contributed by atoms with Gasteiger partial charge in [-0.1, -0.05) is 13.8 Å². The molecule has 6 nitrogen and oxygen atoms in total. The van der Waals surface area contributed by atoms with E-state index in [1.807, 2.05) is 20.8 Å². The van der Waals surface area contributed by atoms with Gasteiger partial charge in [0.15, 0.2) is 5.96 Å². The van der Waals surface area contributed by atoms with Crippen LogP contribution in [-0.2, 0) is 4.74 Å². The van der Waals surface area contributed by atoms with Gasteiger partial charge in [-0.25, -0.2) is 4.79 Å². The Kier molecular flexibility index (Phi) is 9.99. The summed E-state index contributed by atoms with van der Waals surface area (Å²) in [4.78, 5) is 20.2. The predicted octanol–water partition coefficient (Wildman–Crippen LogP) is 3.15. The minimum atomic E-state index is -0.470. The van der Waals surface area contributed by atoms with Crippen molar-refractivity contribution in [1.82, 2.24) is 9.80 Å². The van der Waals surface area contributed by atoms with Crippen molar-refractivity contribution in [2.24, 2.45) is 22.6 Å². The molecule has 1 fully saturated rings. The van der Waals surface area contributed by atoms with Crippen LogP contribution in [0.25, 0.3) is 0 Å². The third kappa shape index (κ3) is 8.94. The first-order valence-corrected chi connectivity index (χ1v) is 8.57. The molecule has 1 amide bonds.